The van der Waals surface area contributed by atoms with E-state index in [1.165, 1.54) is 0 Å². The van der Waals surface area contributed by atoms with Crippen LogP contribution in [0.25, 0.3) is 0 Å². The fourth-order valence-electron chi connectivity index (χ4n) is 2.42. The zero-order chi connectivity index (χ0) is 13.7. The van der Waals surface area contributed by atoms with E-state index in [4.69, 9.17) is 10.9 Å². The Labute approximate surface area is 113 Å². The van der Waals surface area contributed by atoms with Crippen LogP contribution >= 0.6 is 11.8 Å². The second-order valence-electron chi connectivity index (χ2n) is 5.12. The molecule has 0 bridgehead atoms. The van der Waals surface area contributed by atoms with Crippen LogP contribution in [0.4, 0.5) is 0 Å². The average Bonchev–Trinajstić information content (AvgIpc) is 2.76. The quantitative estimate of drug-likeness (QED) is 0.306. The first-order chi connectivity index (χ1) is 8.49. The summed E-state index contributed by atoms with van der Waals surface area (Å²) < 4.78 is 0. The van der Waals surface area contributed by atoms with E-state index in [9.17, 15) is 4.79 Å². The molecule has 0 heterocycles. The van der Waals surface area contributed by atoms with Crippen molar-refractivity contribution in [2.24, 2.45) is 22.7 Å². The van der Waals surface area contributed by atoms with Crippen LogP contribution in [0.2, 0.25) is 0 Å². The number of hydrogen-bond acceptors (Lipinski definition) is 4. The van der Waals surface area contributed by atoms with Crippen LogP contribution in [-0.2, 0) is 4.79 Å². The number of thioether (sulfide) groups is 1. The number of carbonyl (C=O) groups is 1. The summed E-state index contributed by atoms with van der Waals surface area (Å²) in [7, 11) is 0. The molecule has 1 aliphatic rings. The Morgan fingerprint density at radius 1 is 1.50 bits per heavy atom. The maximum Gasteiger partial charge on any atom is 0.231 e. The molecule has 1 amide bonds. The summed E-state index contributed by atoms with van der Waals surface area (Å²) in [5.74, 6) is -0.684. The molecular formula is C12H23N3O2S. The molecule has 0 spiro atoms. The number of nitrogens with two attached hydrogens (primary N) is 1. The van der Waals surface area contributed by atoms with Gasteiger partial charge >= 0.3 is 0 Å². The van der Waals surface area contributed by atoms with Gasteiger partial charge in [0.25, 0.3) is 0 Å². The fraction of sp³-hybridized carbons (Fsp3) is 0.833. The topological polar surface area (TPSA) is 87.7 Å². The monoisotopic (exact) mass is 273 g/mol. The lowest BCUT2D eigenvalue weighted by Gasteiger charge is -2.21. The number of nitrogens with one attached hydrogen (secondary N) is 1. The molecule has 0 aromatic rings. The number of oxime groups is 1. The highest BCUT2D eigenvalue weighted by Crippen LogP contribution is 2.28. The minimum absolute atomic E-state index is 0.0121. The lowest BCUT2D eigenvalue weighted by Crippen LogP contribution is -2.45. The standard InChI is InChI=1S/C12H23N3O2S/c1-7(2)10(11(13)15-17)12(16)14-8-4-5-9(6-8)18-3/h7-10,17H,4-6H2,1-3H3,(H2,13,15)(H,14,16). The number of amidine groups is 1. The zero-order valence-electron chi connectivity index (χ0n) is 11.2. The summed E-state index contributed by atoms with van der Waals surface area (Å²) >= 11 is 1.85. The Morgan fingerprint density at radius 3 is 2.61 bits per heavy atom. The molecule has 0 aliphatic heterocycles. The van der Waals surface area contributed by atoms with E-state index in [1.54, 1.807) is 0 Å². The van der Waals surface area contributed by atoms with Gasteiger partial charge in [0.2, 0.25) is 5.91 Å². The van der Waals surface area contributed by atoms with E-state index >= 15 is 0 Å². The van der Waals surface area contributed by atoms with E-state index in [0.717, 1.165) is 19.3 Å². The molecule has 1 saturated carbocycles. The maximum absolute atomic E-state index is 12.1. The summed E-state index contributed by atoms with van der Waals surface area (Å²) in [5.41, 5.74) is 5.58. The number of hydrogen-bond donors (Lipinski definition) is 3. The summed E-state index contributed by atoms with van der Waals surface area (Å²) in [6.45, 7) is 3.78. The molecule has 6 heteroatoms. The van der Waals surface area contributed by atoms with Crippen molar-refractivity contribution in [3.63, 3.8) is 0 Å². The third-order valence-corrected chi connectivity index (χ3v) is 4.54. The van der Waals surface area contributed by atoms with Gasteiger partial charge in [-0.1, -0.05) is 19.0 Å². The molecule has 0 aromatic carbocycles. The van der Waals surface area contributed by atoms with Crippen LogP contribution in [0.15, 0.2) is 5.16 Å². The predicted molar refractivity (Wildman–Crippen MR) is 74.8 cm³/mol. The first-order valence-corrected chi connectivity index (χ1v) is 7.59. The largest absolute Gasteiger partial charge is 0.409 e. The van der Waals surface area contributed by atoms with E-state index < -0.39 is 5.92 Å². The second kappa shape index (κ2) is 6.87. The Bertz CT molecular complexity index is 320. The maximum atomic E-state index is 12.1. The Balaban J connectivity index is 2.58. The van der Waals surface area contributed by atoms with Crippen LogP contribution < -0.4 is 11.1 Å². The molecule has 18 heavy (non-hydrogen) atoms. The molecule has 0 aromatic heterocycles. The highest BCUT2D eigenvalue weighted by Gasteiger charge is 2.31. The summed E-state index contributed by atoms with van der Waals surface area (Å²) in [6.07, 6.45) is 5.26. The van der Waals surface area contributed by atoms with E-state index in [0.29, 0.717) is 5.25 Å². The predicted octanol–water partition coefficient (Wildman–Crippen LogP) is 1.41. The molecule has 3 atom stereocenters. The number of nitrogens with zero attached hydrogens (tertiary/aromatic N) is 1. The SMILES string of the molecule is CSC1CCC(NC(=O)C(C(N)=NO)C(C)C)C1. The van der Waals surface area contributed by atoms with Crippen molar-refractivity contribution in [2.45, 2.75) is 44.4 Å². The van der Waals surface area contributed by atoms with Gasteiger partial charge in [-0.05, 0) is 31.4 Å². The molecule has 104 valence electrons. The smallest absolute Gasteiger partial charge is 0.231 e. The lowest BCUT2D eigenvalue weighted by molar-refractivity contribution is -0.124. The van der Waals surface area contributed by atoms with Crippen molar-refractivity contribution in [3.8, 4) is 0 Å². The highest BCUT2D eigenvalue weighted by molar-refractivity contribution is 7.99. The van der Waals surface area contributed by atoms with E-state index in [1.807, 2.05) is 25.6 Å². The van der Waals surface area contributed by atoms with Gasteiger partial charge in [-0.3, -0.25) is 4.79 Å². The molecule has 0 saturated heterocycles. The van der Waals surface area contributed by atoms with Gasteiger partial charge in [0.05, 0.1) is 0 Å². The second-order valence-corrected chi connectivity index (χ2v) is 6.26. The van der Waals surface area contributed by atoms with Crippen molar-refractivity contribution in [2.75, 3.05) is 6.26 Å². The van der Waals surface area contributed by atoms with Crippen molar-refractivity contribution < 1.29 is 10.0 Å². The molecule has 0 radical (unpaired) electrons. The number of amides is 1. The minimum Gasteiger partial charge on any atom is -0.409 e. The summed E-state index contributed by atoms with van der Waals surface area (Å²) in [4.78, 5) is 12.1. The van der Waals surface area contributed by atoms with E-state index in [-0.39, 0.29) is 23.7 Å². The van der Waals surface area contributed by atoms with Crippen LogP contribution in [-0.4, -0.2) is 34.5 Å². The van der Waals surface area contributed by atoms with Crippen LogP contribution in [0, 0.1) is 11.8 Å². The van der Waals surface area contributed by atoms with Gasteiger partial charge in [0.1, 0.15) is 5.92 Å². The highest BCUT2D eigenvalue weighted by atomic mass is 32.2. The van der Waals surface area contributed by atoms with Gasteiger partial charge in [-0.15, -0.1) is 0 Å². The molecule has 1 aliphatic carbocycles. The minimum atomic E-state index is -0.552. The van der Waals surface area contributed by atoms with Gasteiger partial charge in [0, 0.05) is 11.3 Å². The fourth-order valence-corrected chi connectivity index (χ4v) is 3.21. The molecule has 4 N–H and O–H groups in total. The third-order valence-electron chi connectivity index (χ3n) is 3.45. The number of carbonyl (C=O) groups excluding carboxylic acids is 1. The van der Waals surface area contributed by atoms with Gasteiger partial charge in [-0.25, -0.2) is 0 Å². The van der Waals surface area contributed by atoms with Crippen molar-refractivity contribution in [3.05, 3.63) is 0 Å². The Morgan fingerprint density at radius 2 is 2.17 bits per heavy atom. The summed E-state index contributed by atoms with van der Waals surface area (Å²) in [6, 6.07) is 0.225. The number of rotatable bonds is 5. The summed E-state index contributed by atoms with van der Waals surface area (Å²) in [5, 5.41) is 15.3. The van der Waals surface area contributed by atoms with Crippen molar-refractivity contribution >= 4 is 23.5 Å². The first-order valence-electron chi connectivity index (χ1n) is 6.30. The molecule has 3 unspecified atom stereocenters. The van der Waals surface area contributed by atoms with Crippen LogP contribution in [0.1, 0.15) is 33.1 Å². The molecular weight excluding hydrogens is 250 g/mol. The normalized spacial score (nSPS) is 26.3. The van der Waals surface area contributed by atoms with Gasteiger partial charge in [0.15, 0.2) is 5.84 Å². The third kappa shape index (κ3) is 3.80. The zero-order valence-corrected chi connectivity index (χ0v) is 12.0. The molecule has 1 fully saturated rings. The van der Waals surface area contributed by atoms with E-state index in [2.05, 4.69) is 16.7 Å². The first kappa shape index (κ1) is 15.1. The van der Waals surface area contributed by atoms with Crippen LogP contribution in [0.5, 0.6) is 0 Å². The van der Waals surface area contributed by atoms with Crippen molar-refractivity contribution in [1.29, 1.82) is 0 Å². The molecule has 1 rings (SSSR count). The molecule has 5 nitrogen and oxygen atoms in total. The van der Waals surface area contributed by atoms with Crippen molar-refractivity contribution in [1.82, 2.24) is 5.32 Å². The van der Waals surface area contributed by atoms with Crippen LogP contribution in [0.3, 0.4) is 0 Å². The van der Waals surface area contributed by atoms with Gasteiger partial charge < -0.3 is 16.3 Å². The Hall–Kier alpha value is -0.910. The van der Waals surface area contributed by atoms with Gasteiger partial charge in [-0.2, -0.15) is 11.8 Å². The lowest BCUT2D eigenvalue weighted by atomic mass is 9.93. The Kier molecular flexibility index (Phi) is 5.78. The average molecular weight is 273 g/mol.